The summed E-state index contributed by atoms with van der Waals surface area (Å²) in [5.41, 5.74) is 5.03. The maximum absolute atomic E-state index is 8.12. The van der Waals surface area contributed by atoms with Crippen molar-refractivity contribution in [3.8, 4) is 11.1 Å². The van der Waals surface area contributed by atoms with E-state index in [0.29, 0.717) is 0 Å². The first-order valence-electron chi connectivity index (χ1n) is 9.30. The average molecular weight is 358 g/mol. The van der Waals surface area contributed by atoms with E-state index >= 15 is 0 Å². The summed E-state index contributed by atoms with van der Waals surface area (Å²) in [5.74, 6) is 0. The van der Waals surface area contributed by atoms with Gasteiger partial charge in [-0.25, -0.2) is 0 Å². The molecule has 0 fully saturated rings. The Hall–Kier alpha value is -3.78. The zero-order valence-electron chi connectivity index (χ0n) is 15.2. The number of allylic oxidation sites excluding steroid dienone is 4. The number of hydrogen-bond acceptors (Lipinski definition) is 2. The Labute approximate surface area is 163 Å². The molecule has 0 aromatic heterocycles. The van der Waals surface area contributed by atoms with E-state index in [4.69, 9.17) is 10.8 Å². The van der Waals surface area contributed by atoms with Crippen LogP contribution in [0, 0.1) is 10.8 Å². The van der Waals surface area contributed by atoms with Crippen LogP contribution >= 0.6 is 0 Å². The molecule has 0 bridgehead atoms. The van der Waals surface area contributed by atoms with E-state index in [9.17, 15) is 0 Å². The van der Waals surface area contributed by atoms with Crippen LogP contribution in [0.3, 0.4) is 0 Å². The summed E-state index contributed by atoms with van der Waals surface area (Å²) in [4.78, 5) is 0. The molecule has 4 aromatic carbocycles. The lowest BCUT2D eigenvalue weighted by Crippen LogP contribution is -2.10. The molecule has 2 nitrogen and oxygen atoms in total. The highest BCUT2D eigenvalue weighted by Gasteiger charge is 2.18. The maximum Gasteiger partial charge on any atom is 0.0795 e. The van der Waals surface area contributed by atoms with Crippen molar-refractivity contribution in [2.45, 2.75) is 0 Å². The smallest absolute Gasteiger partial charge is 0.0795 e. The van der Waals surface area contributed by atoms with Crippen molar-refractivity contribution >= 4 is 38.5 Å². The number of nitrogens with one attached hydrogen (secondary N) is 2. The van der Waals surface area contributed by atoms with Gasteiger partial charge in [0.15, 0.2) is 0 Å². The predicted octanol–water partition coefficient (Wildman–Crippen LogP) is 6.65. The lowest BCUT2D eigenvalue weighted by atomic mass is 9.84. The normalized spacial score (nSPS) is 13.9. The second-order valence-corrected chi connectivity index (χ2v) is 6.97. The van der Waals surface area contributed by atoms with Gasteiger partial charge in [-0.05, 0) is 56.0 Å². The van der Waals surface area contributed by atoms with E-state index in [1.165, 1.54) is 21.9 Å². The van der Waals surface area contributed by atoms with Crippen molar-refractivity contribution in [1.29, 1.82) is 10.8 Å². The molecule has 0 saturated carbocycles. The Balaban J connectivity index is 1.96. The zero-order chi connectivity index (χ0) is 19.1. The average Bonchev–Trinajstić information content (AvgIpc) is 2.74. The number of rotatable bonds is 2. The highest BCUT2D eigenvalue weighted by molar-refractivity contribution is 6.50. The maximum atomic E-state index is 8.12. The van der Waals surface area contributed by atoms with E-state index in [2.05, 4.69) is 72.8 Å². The van der Waals surface area contributed by atoms with Gasteiger partial charge < -0.3 is 0 Å². The van der Waals surface area contributed by atoms with Gasteiger partial charge >= 0.3 is 0 Å². The summed E-state index contributed by atoms with van der Waals surface area (Å²) in [6.45, 7) is 0. The Morgan fingerprint density at radius 2 is 0.964 bits per heavy atom. The van der Waals surface area contributed by atoms with Crippen molar-refractivity contribution < 1.29 is 0 Å². The molecule has 132 valence electrons. The molecule has 1 aliphatic rings. The molecule has 0 unspecified atom stereocenters. The molecule has 0 atom stereocenters. The van der Waals surface area contributed by atoms with Crippen LogP contribution in [0.2, 0.25) is 0 Å². The lowest BCUT2D eigenvalue weighted by Gasteiger charge is -2.19. The molecule has 1 aliphatic carbocycles. The third-order valence-corrected chi connectivity index (χ3v) is 5.30. The minimum Gasteiger partial charge on any atom is -0.299 e. The highest BCUT2D eigenvalue weighted by atomic mass is 14.5. The van der Waals surface area contributed by atoms with E-state index < -0.39 is 0 Å². The third kappa shape index (κ3) is 2.50. The summed E-state index contributed by atoms with van der Waals surface area (Å²) < 4.78 is 0. The monoisotopic (exact) mass is 358 g/mol. The Kier molecular flexibility index (Phi) is 3.77. The molecule has 5 rings (SSSR count). The minimum absolute atomic E-state index is 0.248. The molecular weight excluding hydrogens is 340 g/mol. The fourth-order valence-corrected chi connectivity index (χ4v) is 4.06. The molecule has 0 radical (unpaired) electrons. The van der Waals surface area contributed by atoms with Crippen LogP contribution in [-0.2, 0) is 0 Å². The minimum atomic E-state index is 0.248. The lowest BCUT2D eigenvalue weighted by molar-refractivity contribution is 1.49. The van der Waals surface area contributed by atoms with Crippen LogP contribution in [0.15, 0.2) is 97.1 Å². The van der Waals surface area contributed by atoms with Gasteiger partial charge in [0.2, 0.25) is 0 Å². The molecule has 4 aromatic rings. The van der Waals surface area contributed by atoms with Crippen molar-refractivity contribution in [2.24, 2.45) is 0 Å². The molecule has 0 spiro atoms. The Morgan fingerprint density at radius 1 is 0.464 bits per heavy atom. The van der Waals surface area contributed by atoms with Gasteiger partial charge in [-0.1, -0.05) is 84.9 Å². The third-order valence-electron chi connectivity index (χ3n) is 5.30. The molecular formula is C26H18N2. The van der Waals surface area contributed by atoms with Gasteiger partial charge in [-0.3, -0.25) is 10.8 Å². The van der Waals surface area contributed by atoms with E-state index in [1.54, 1.807) is 12.2 Å². The summed E-state index contributed by atoms with van der Waals surface area (Å²) in [7, 11) is 0. The molecule has 2 heteroatoms. The standard InChI is InChI=1S/C26H18N2/c27-23-15-14-18(16-24(23)28)26-21-12-6-4-10-19(21)25(17-8-2-1-3-9-17)20-11-5-7-13-22(20)26/h1-16,27-28H. The molecule has 0 aliphatic heterocycles. The number of fused-ring (bicyclic) bond motifs is 2. The van der Waals surface area contributed by atoms with Gasteiger partial charge in [0.05, 0.1) is 11.4 Å². The largest absolute Gasteiger partial charge is 0.299 e. The summed E-state index contributed by atoms with van der Waals surface area (Å²) >= 11 is 0. The van der Waals surface area contributed by atoms with Gasteiger partial charge in [-0.15, -0.1) is 0 Å². The fourth-order valence-electron chi connectivity index (χ4n) is 4.06. The van der Waals surface area contributed by atoms with Crippen molar-refractivity contribution in [3.05, 3.63) is 103 Å². The van der Waals surface area contributed by atoms with Crippen LogP contribution in [0.5, 0.6) is 0 Å². The van der Waals surface area contributed by atoms with Crippen LogP contribution in [0.4, 0.5) is 0 Å². The van der Waals surface area contributed by atoms with Crippen LogP contribution in [-0.4, -0.2) is 11.4 Å². The highest BCUT2D eigenvalue weighted by Crippen LogP contribution is 2.42. The molecule has 0 amide bonds. The summed E-state index contributed by atoms with van der Waals surface area (Å²) in [5, 5.41) is 20.7. The van der Waals surface area contributed by atoms with E-state index in [0.717, 1.165) is 21.9 Å². The number of hydrogen-bond donors (Lipinski definition) is 2. The van der Waals surface area contributed by atoms with E-state index in [-0.39, 0.29) is 11.4 Å². The second-order valence-electron chi connectivity index (χ2n) is 6.97. The molecule has 28 heavy (non-hydrogen) atoms. The van der Waals surface area contributed by atoms with Gasteiger partial charge in [-0.2, -0.15) is 0 Å². The second kappa shape index (κ2) is 6.43. The van der Waals surface area contributed by atoms with Gasteiger partial charge in [0.25, 0.3) is 0 Å². The molecule has 0 heterocycles. The summed E-state index contributed by atoms with van der Waals surface area (Å²) in [6, 6.07) is 27.5. The van der Waals surface area contributed by atoms with Crippen molar-refractivity contribution in [1.82, 2.24) is 0 Å². The first-order valence-corrected chi connectivity index (χ1v) is 9.30. The van der Waals surface area contributed by atoms with Crippen molar-refractivity contribution in [3.63, 3.8) is 0 Å². The van der Waals surface area contributed by atoms with Crippen LogP contribution in [0.25, 0.3) is 38.2 Å². The number of benzene rings is 4. The topological polar surface area (TPSA) is 47.7 Å². The summed E-state index contributed by atoms with van der Waals surface area (Å²) in [6.07, 6.45) is 5.47. The predicted molar refractivity (Wildman–Crippen MR) is 119 cm³/mol. The quantitative estimate of drug-likeness (QED) is 0.298. The van der Waals surface area contributed by atoms with Crippen LogP contribution < -0.4 is 0 Å². The van der Waals surface area contributed by atoms with Gasteiger partial charge in [0.1, 0.15) is 0 Å². The SMILES string of the molecule is N=C1C=CC(c2c3ccccc3c(-c3ccccc3)c3ccccc23)=CC1=N. The van der Waals surface area contributed by atoms with Crippen molar-refractivity contribution in [2.75, 3.05) is 0 Å². The molecule has 2 N–H and O–H groups in total. The van der Waals surface area contributed by atoms with Gasteiger partial charge in [0, 0.05) is 0 Å². The Morgan fingerprint density at radius 3 is 1.50 bits per heavy atom. The van der Waals surface area contributed by atoms with Crippen LogP contribution in [0.1, 0.15) is 5.56 Å². The zero-order valence-corrected chi connectivity index (χ0v) is 15.2. The fraction of sp³-hybridized carbons (Fsp3) is 0. The first kappa shape index (κ1) is 16.4. The Bertz CT molecular complexity index is 1270. The molecule has 0 saturated heterocycles. The first-order chi connectivity index (χ1) is 13.7. The van der Waals surface area contributed by atoms with E-state index in [1.807, 2.05) is 12.1 Å².